The monoisotopic (exact) mass is 323 g/mol. The van der Waals surface area contributed by atoms with Crippen LogP contribution in [0.3, 0.4) is 0 Å². The van der Waals surface area contributed by atoms with Gasteiger partial charge in [-0.3, -0.25) is 4.79 Å². The molecule has 1 saturated heterocycles. The molecule has 1 atom stereocenters. The van der Waals surface area contributed by atoms with Crippen LogP contribution >= 0.6 is 15.9 Å². The fraction of sp³-hybridized carbons (Fsp3) is 0.385. The molecule has 1 unspecified atom stereocenters. The van der Waals surface area contributed by atoms with Gasteiger partial charge < -0.3 is 15.4 Å². The average molecular weight is 324 g/mol. The number of nitrogens with zero attached hydrogens (tertiary/aromatic N) is 1. The van der Waals surface area contributed by atoms with Gasteiger partial charge in [0.15, 0.2) is 0 Å². The molecule has 6 heteroatoms. The van der Waals surface area contributed by atoms with E-state index in [0.717, 1.165) is 6.54 Å². The molecule has 0 saturated carbocycles. The van der Waals surface area contributed by atoms with Crippen molar-refractivity contribution in [2.45, 2.75) is 12.5 Å². The molecule has 100 valence electrons. The maximum Gasteiger partial charge on any atom is 0.227 e. The van der Waals surface area contributed by atoms with E-state index in [2.05, 4.69) is 26.6 Å². The molecular weight excluding hydrogens is 310 g/mol. The van der Waals surface area contributed by atoms with Crippen LogP contribution in [0.25, 0.3) is 0 Å². The van der Waals surface area contributed by atoms with Crippen LogP contribution in [-0.4, -0.2) is 31.7 Å². The molecule has 0 bridgehead atoms. The number of nitrogens with one attached hydrogen (secondary N) is 2. The summed E-state index contributed by atoms with van der Waals surface area (Å²) in [7, 11) is 0. The summed E-state index contributed by atoms with van der Waals surface area (Å²) in [5.41, 5.74) is 1.21. The SMILES string of the molecule is N#Cc1ccc(NC(=O)CC2CNCCO2)c(Br)c1. The van der Waals surface area contributed by atoms with Crippen LogP contribution in [-0.2, 0) is 9.53 Å². The Balaban J connectivity index is 1.93. The number of benzene rings is 1. The van der Waals surface area contributed by atoms with Gasteiger partial charge in [0.25, 0.3) is 0 Å². The largest absolute Gasteiger partial charge is 0.375 e. The zero-order chi connectivity index (χ0) is 13.7. The third-order valence-electron chi connectivity index (χ3n) is 2.79. The average Bonchev–Trinajstić information content (AvgIpc) is 2.42. The lowest BCUT2D eigenvalue weighted by Gasteiger charge is -2.23. The van der Waals surface area contributed by atoms with Gasteiger partial charge in [0.1, 0.15) is 0 Å². The van der Waals surface area contributed by atoms with Crippen molar-refractivity contribution in [3.05, 3.63) is 28.2 Å². The number of amides is 1. The molecule has 1 aliphatic rings. The van der Waals surface area contributed by atoms with Gasteiger partial charge in [-0.2, -0.15) is 5.26 Å². The number of hydrogen-bond acceptors (Lipinski definition) is 4. The summed E-state index contributed by atoms with van der Waals surface area (Å²) in [6.45, 7) is 2.17. The second kappa shape index (κ2) is 6.66. The van der Waals surface area contributed by atoms with Gasteiger partial charge in [-0.1, -0.05) is 0 Å². The highest BCUT2D eigenvalue weighted by Crippen LogP contribution is 2.23. The van der Waals surface area contributed by atoms with E-state index in [1.165, 1.54) is 0 Å². The van der Waals surface area contributed by atoms with Crippen molar-refractivity contribution >= 4 is 27.5 Å². The molecule has 0 aromatic heterocycles. The molecule has 2 N–H and O–H groups in total. The molecule has 1 aromatic rings. The van der Waals surface area contributed by atoms with E-state index >= 15 is 0 Å². The second-order valence-corrected chi connectivity index (χ2v) is 5.11. The Kier molecular flexibility index (Phi) is 4.91. The zero-order valence-electron chi connectivity index (χ0n) is 10.3. The van der Waals surface area contributed by atoms with Crippen LogP contribution < -0.4 is 10.6 Å². The molecule has 0 spiro atoms. The van der Waals surface area contributed by atoms with Crippen molar-refractivity contribution in [2.24, 2.45) is 0 Å². The van der Waals surface area contributed by atoms with E-state index in [9.17, 15) is 4.79 Å². The molecule has 5 nitrogen and oxygen atoms in total. The number of nitriles is 1. The number of morpholine rings is 1. The van der Waals surface area contributed by atoms with Gasteiger partial charge in [-0.15, -0.1) is 0 Å². The van der Waals surface area contributed by atoms with E-state index in [0.29, 0.717) is 35.3 Å². The van der Waals surface area contributed by atoms with Gasteiger partial charge in [0, 0.05) is 17.6 Å². The van der Waals surface area contributed by atoms with E-state index < -0.39 is 0 Å². The van der Waals surface area contributed by atoms with E-state index in [-0.39, 0.29) is 12.0 Å². The first kappa shape index (κ1) is 14.0. The topological polar surface area (TPSA) is 74.2 Å². The normalized spacial score (nSPS) is 18.6. The lowest BCUT2D eigenvalue weighted by Crippen LogP contribution is -2.40. The molecular formula is C13H14BrN3O2. The molecule has 19 heavy (non-hydrogen) atoms. The summed E-state index contributed by atoms with van der Waals surface area (Å²) in [5, 5.41) is 14.8. The number of ether oxygens (including phenoxy) is 1. The summed E-state index contributed by atoms with van der Waals surface area (Å²) in [6, 6.07) is 7.09. The van der Waals surface area contributed by atoms with Crippen molar-refractivity contribution in [1.29, 1.82) is 5.26 Å². The molecule has 0 aliphatic carbocycles. The Bertz CT molecular complexity index is 507. The highest BCUT2D eigenvalue weighted by atomic mass is 79.9. The first-order valence-corrected chi connectivity index (χ1v) is 6.80. The highest BCUT2D eigenvalue weighted by molar-refractivity contribution is 9.10. The van der Waals surface area contributed by atoms with Crippen molar-refractivity contribution < 1.29 is 9.53 Å². The third kappa shape index (κ3) is 4.03. The Morgan fingerprint density at radius 3 is 3.11 bits per heavy atom. The number of rotatable bonds is 3. The smallest absolute Gasteiger partial charge is 0.227 e. The predicted octanol–water partition coefficient (Wildman–Crippen LogP) is 1.64. The number of carbonyl (C=O) groups is 1. The fourth-order valence-electron chi connectivity index (χ4n) is 1.84. The van der Waals surface area contributed by atoms with Crippen LogP contribution in [0.4, 0.5) is 5.69 Å². The maximum atomic E-state index is 11.9. The van der Waals surface area contributed by atoms with E-state index in [1.807, 2.05) is 6.07 Å². The summed E-state index contributed by atoms with van der Waals surface area (Å²) < 4.78 is 6.17. The van der Waals surface area contributed by atoms with E-state index in [4.69, 9.17) is 10.00 Å². The summed E-state index contributed by atoms with van der Waals surface area (Å²) in [4.78, 5) is 11.9. The Hall–Kier alpha value is -1.42. The van der Waals surface area contributed by atoms with Gasteiger partial charge in [-0.25, -0.2) is 0 Å². The molecule has 1 aliphatic heterocycles. The van der Waals surface area contributed by atoms with Crippen molar-refractivity contribution in [1.82, 2.24) is 5.32 Å². The van der Waals surface area contributed by atoms with Crippen LogP contribution in [0.2, 0.25) is 0 Å². The van der Waals surface area contributed by atoms with Crippen molar-refractivity contribution in [3.8, 4) is 6.07 Å². The first-order valence-electron chi connectivity index (χ1n) is 6.01. The fourth-order valence-corrected chi connectivity index (χ4v) is 2.32. The minimum absolute atomic E-state index is 0.0779. The quantitative estimate of drug-likeness (QED) is 0.886. The molecule has 1 aromatic carbocycles. The predicted molar refractivity (Wildman–Crippen MR) is 74.7 cm³/mol. The third-order valence-corrected chi connectivity index (χ3v) is 3.45. The summed E-state index contributed by atoms with van der Waals surface area (Å²) in [5.74, 6) is -0.0980. The minimum Gasteiger partial charge on any atom is -0.375 e. The summed E-state index contributed by atoms with van der Waals surface area (Å²) >= 11 is 3.33. The Morgan fingerprint density at radius 2 is 2.47 bits per heavy atom. The van der Waals surface area contributed by atoms with Crippen LogP contribution in [0.1, 0.15) is 12.0 Å². The van der Waals surface area contributed by atoms with Gasteiger partial charge in [0.05, 0.1) is 36.5 Å². The summed E-state index contributed by atoms with van der Waals surface area (Å²) in [6.07, 6.45) is 0.241. The van der Waals surface area contributed by atoms with Gasteiger partial charge in [0.2, 0.25) is 5.91 Å². The van der Waals surface area contributed by atoms with Crippen LogP contribution in [0.15, 0.2) is 22.7 Å². The Morgan fingerprint density at radius 1 is 1.63 bits per heavy atom. The first-order chi connectivity index (χ1) is 9.19. The molecule has 1 amide bonds. The molecule has 1 fully saturated rings. The minimum atomic E-state index is -0.0980. The Labute approximate surface area is 120 Å². The van der Waals surface area contributed by atoms with Crippen LogP contribution in [0, 0.1) is 11.3 Å². The molecule has 1 heterocycles. The van der Waals surface area contributed by atoms with Crippen molar-refractivity contribution in [2.75, 3.05) is 25.0 Å². The molecule has 0 radical (unpaired) electrons. The standard InChI is InChI=1S/C13H14BrN3O2/c14-11-5-9(7-15)1-2-12(11)17-13(18)6-10-8-16-3-4-19-10/h1-2,5,10,16H,3-4,6,8H2,(H,17,18). The van der Waals surface area contributed by atoms with E-state index in [1.54, 1.807) is 18.2 Å². The van der Waals surface area contributed by atoms with Crippen molar-refractivity contribution in [3.63, 3.8) is 0 Å². The van der Waals surface area contributed by atoms with Gasteiger partial charge >= 0.3 is 0 Å². The lowest BCUT2D eigenvalue weighted by atomic mass is 10.2. The number of hydrogen-bond donors (Lipinski definition) is 2. The number of halogens is 1. The zero-order valence-corrected chi connectivity index (χ0v) is 11.9. The van der Waals surface area contributed by atoms with Crippen LogP contribution in [0.5, 0.6) is 0 Å². The molecule has 2 rings (SSSR count). The number of anilines is 1. The lowest BCUT2D eigenvalue weighted by molar-refractivity contribution is -0.119. The second-order valence-electron chi connectivity index (χ2n) is 4.26. The highest BCUT2D eigenvalue weighted by Gasteiger charge is 2.17. The number of carbonyl (C=O) groups excluding carboxylic acids is 1. The maximum absolute atomic E-state index is 11.9. The van der Waals surface area contributed by atoms with Gasteiger partial charge in [-0.05, 0) is 34.1 Å².